The number of furan rings is 1. The van der Waals surface area contributed by atoms with Crippen molar-refractivity contribution in [1.82, 2.24) is 19.5 Å². The second-order valence-electron chi connectivity index (χ2n) is 7.83. The van der Waals surface area contributed by atoms with Gasteiger partial charge in [-0.15, -0.1) is 0 Å². The summed E-state index contributed by atoms with van der Waals surface area (Å²) in [4.78, 5) is 19.1. The standard InChI is InChI=1S/C23H21BrClN5O2/c24-17-14-27-30-21(12-19(28-22(17)30)16-4-1-2-5-18(16)25)26-13-15-7-9-29(10-8-15)23(31)20-6-3-11-32-20/h1-6,11-12,14-15,26H,7-10,13H2. The van der Waals surface area contributed by atoms with Crippen LogP contribution in [-0.2, 0) is 0 Å². The minimum atomic E-state index is -0.0389. The van der Waals surface area contributed by atoms with E-state index in [0.717, 1.165) is 59.7 Å². The number of nitrogens with one attached hydrogen (secondary N) is 1. The van der Waals surface area contributed by atoms with Crippen LogP contribution in [0.5, 0.6) is 0 Å². The molecule has 32 heavy (non-hydrogen) atoms. The average Bonchev–Trinajstić information content (AvgIpc) is 3.48. The number of aromatic nitrogens is 3. The zero-order valence-electron chi connectivity index (χ0n) is 17.2. The number of fused-ring (bicyclic) bond motifs is 1. The fourth-order valence-electron chi connectivity index (χ4n) is 4.01. The second kappa shape index (κ2) is 8.96. The SMILES string of the molecule is O=C(c1ccco1)N1CCC(CNc2cc(-c3ccccc3Cl)nc3c(Br)cnn23)CC1. The van der Waals surface area contributed by atoms with Crippen LogP contribution in [-0.4, -0.2) is 45.0 Å². The number of halogens is 2. The van der Waals surface area contributed by atoms with Gasteiger partial charge in [0.05, 0.1) is 22.6 Å². The highest BCUT2D eigenvalue weighted by atomic mass is 79.9. The number of hydrogen-bond donors (Lipinski definition) is 1. The third-order valence-electron chi connectivity index (χ3n) is 5.78. The van der Waals surface area contributed by atoms with E-state index >= 15 is 0 Å². The number of anilines is 1. The summed E-state index contributed by atoms with van der Waals surface area (Å²) in [6, 6.07) is 13.1. The lowest BCUT2D eigenvalue weighted by molar-refractivity contribution is 0.0663. The molecule has 0 radical (unpaired) electrons. The monoisotopic (exact) mass is 513 g/mol. The van der Waals surface area contributed by atoms with Gasteiger partial charge in [0.1, 0.15) is 5.82 Å². The summed E-state index contributed by atoms with van der Waals surface area (Å²) in [6.07, 6.45) is 5.12. The molecule has 7 nitrogen and oxygen atoms in total. The van der Waals surface area contributed by atoms with Crippen molar-refractivity contribution >= 4 is 44.9 Å². The molecule has 0 aliphatic carbocycles. The molecule has 4 heterocycles. The lowest BCUT2D eigenvalue weighted by atomic mass is 9.96. The molecule has 1 aliphatic rings. The van der Waals surface area contributed by atoms with Gasteiger partial charge in [-0.1, -0.05) is 29.8 Å². The highest BCUT2D eigenvalue weighted by Gasteiger charge is 2.25. The molecule has 4 aromatic rings. The minimum Gasteiger partial charge on any atom is -0.459 e. The summed E-state index contributed by atoms with van der Waals surface area (Å²) < 4.78 is 7.86. The lowest BCUT2D eigenvalue weighted by Gasteiger charge is -2.31. The molecule has 0 unspecified atom stereocenters. The van der Waals surface area contributed by atoms with E-state index in [0.29, 0.717) is 16.7 Å². The van der Waals surface area contributed by atoms with E-state index in [1.165, 1.54) is 6.26 Å². The number of hydrogen-bond acceptors (Lipinski definition) is 5. The van der Waals surface area contributed by atoms with Crippen molar-refractivity contribution < 1.29 is 9.21 Å². The van der Waals surface area contributed by atoms with Crippen molar-refractivity contribution in [3.05, 3.63) is 70.2 Å². The Hall–Kier alpha value is -2.84. The molecule has 0 bridgehead atoms. The molecule has 1 aromatic carbocycles. The van der Waals surface area contributed by atoms with Crippen LogP contribution in [0.25, 0.3) is 16.9 Å². The van der Waals surface area contributed by atoms with Gasteiger partial charge >= 0.3 is 0 Å². The molecule has 0 spiro atoms. The Balaban J connectivity index is 1.31. The zero-order valence-corrected chi connectivity index (χ0v) is 19.5. The largest absolute Gasteiger partial charge is 0.459 e. The van der Waals surface area contributed by atoms with Gasteiger partial charge in [0.15, 0.2) is 11.4 Å². The van der Waals surface area contributed by atoms with Crippen LogP contribution in [0, 0.1) is 5.92 Å². The topological polar surface area (TPSA) is 75.7 Å². The van der Waals surface area contributed by atoms with E-state index in [-0.39, 0.29) is 5.91 Å². The van der Waals surface area contributed by atoms with Crippen LogP contribution >= 0.6 is 27.5 Å². The highest BCUT2D eigenvalue weighted by molar-refractivity contribution is 9.10. The average molecular weight is 515 g/mol. The molecule has 1 saturated heterocycles. The highest BCUT2D eigenvalue weighted by Crippen LogP contribution is 2.30. The van der Waals surface area contributed by atoms with Crippen molar-refractivity contribution in [2.45, 2.75) is 12.8 Å². The molecule has 1 aliphatic heterocycles. The molecule has 1 fully saturated rings. The Morgan fingerprint density at radius 1 is 1.22 bits per heavy atom. The van der Waals surface area contributed by atoms with E-state index < -0.39 is 0 Å². The minimum absolute atomic E-state index is 0.0389. The smallest absolute Gasteiger partial charge is 0.289 e. The van der Waals surface area contributed by atoms with Gasteiger partial charge in [-0.05, 0) is 52.9 Å². The maximum absolute atomic E-state index is 12.5. The van der Waals surface area contributed by atoms with Crippen LogP contribution in [0.4, 0.5) is 5.82 Å². The maximum Gasteiger partial charge on any atom is 0.289 e. The lowest BCUT2D eigenvalue weighted by Crippen LogP contribution is -2.39. The first-order valence-electron chi connectivity index (χ1n) is 10.5. The number of carbonyl (C=O) groups excluding carboxylic acids is 1. The van der Waals surface area contributed by atoms with Crippen LogP contribution in [0.15, 0.2) is 63.8 Å². The van der Waals surface area contributed by atoms with Crippen molar-refractivity contribution in [2.24, 2.45) is 5.92 Å². The molecule has 0 saturated carbocycles. The van der Waals surface area contributed by atoms with Crippen LogP contribution < -0.4 is 5.32 Å². The van der Waals surface area contributed by atoms with Gasteiger partial charge in [0.25, 0.3) is 5.91 Å². The Labute approximate surface area is 198 Å². The third kappa shape index (κ3) is 4.12. The fourth-order valence-corrected chi connectivity index (χ4v) is 4.59. The number of rotatable bonds is 5. The second-order valence-corrected chi connectivity index (χ2v) is 9.09. The van der Waals surface area contributed by atoms with Gasteiger partial charge in [-0.3, -0.25) is 4.79 Å². The summed E-state index contributed by atoms with van der Waals surface area (Å²) in [5.74, 6) is 1.66. The van der Waals surface area contributed by atoms with E-state index in [9.17, 15) is 4.79 Å². The predicted octanol–water partition coefficient (Wildman–Crippen LogP) is 5.37. The van der Waals surface area contributed by atoms with Gasteiger partial charge in [0, 0.05) is 36.3 Å². The zero-order chi connectivity index (χ0) is 22.1. The number of benzene rings is 1. The van der Waals surface area contributed by atoms with Crippen molar-refractivity contribution in [1.29, 1.82) is 0 Å². The van der Waals surface area contributed by atoms with Gasteiger partial charge < -0.3 is 14.6 Å². The van der Waals surface area contributed by atoms with E-state index in [2.05, 4.69) is 26.3 Å². The maximum atomic E-state index is 12.5. The molecule has 3 aromatic heterocycles. The number of nitrogens with zero attached hydrogens (tertiary/aromatic N) is 4. The summed E-state index contributed by atoms with van der Waals surface area (Å²) in [7, 11) is 0. The number of likely N-dealkylation sites (tertiary alicyclic amines) is 1. The van der Waals surface area contributed by atoms with Crippen LogP contribution in [0.3, 0.4) is 0 Å². The van der Waals surface area contributed by atoms with Gasteiger partial charge in [-0.25, -0.2) is 4.98 Å². The molecular weight excluding hydrogens is 494 g/mol. The Morgan fingerprint density at radius 2 is 2.03 bits per heavy atom. The number of piperidine rings is 1. The molecule has 1 amide bonds. The van der Waals surface area contributed by atoms with Crippen molar-refractivity contribution in [2.75, 3.05) is 25.0 Å². The number of amides is 1. The van der Waals surface area contributed by atoms with E-state index in [1.807, 2.05) is 35.2 Å². The Bertz CT molecular complexity index is 1250. The molecule has 164 valence electrons. The van der Waals surface area contributed by atoms with Crippen LogP contribution in [0.1, 0.15) is 23.4 Å². The first-order valence-corrected chi connectivity index (χ1v) is 11.6. The number of carbonyl (C=O) groups is 1. The summed E-state index contributed by atoms with van der Waals surface area (Å²) in [6.45, 7) is 2.22. The van der Waals surface area contributed by atoms with Gasteiger partial charge in [0.2, 0.25) is 0 Å². The quantitative estimate of drug-likeness (QED) is 0.387. The fraction of sp³-hybridized carbons (Fsp3) is 0.261. The molecule has 0 atom stereocenters. The van der Waals surface area contributed by atoms with Gasteiger partial charge in [-0.2, -0.15) is 9.61 Å². The first kappa shape index (κ1) is 21.0. The van der Waals surface area contributed by atoms with Crippen LogP contribution in [0.2, 0.25) is 5.02 Å². The van der Waals surface area contributed by atoms with Crippen molar-refractivity contribution in [3.63, 3.8) is 0 Å². The van der Waals surface area contributed by atoms with Crippen molar-refractivity contribution in [3.8, 4) is 11.3 Å². The molecular formula is C23H21BrClN5O2. The first-order chi connectivity index (χ1) is 15.6. The summed E-state index contributed by atoms with van der Waals surface area (Å²) >= 11 is 9.96. The Kier molecular flexibility index (Phi) is 5.89. The molecule has 5 rings (SSSR count). The summed E-state index contributed by atoms with van der Waals surface area (Å²) in [5.41, 5.74) is 2.38. The normalized spacial score (nSPS) is 14.8. The predicted molar refractivity (Wildman–Crippen MR) is 127 cm³/mol. The third-order valence-corrected chi connectivity index (χ3v) is 6.67. The molecule has 1 N–H and O–H groups in total. The van der Waals surface area contributed by atoms with E-state index in [1.54, 1.807) is 22.8 Å². The van der Waals surface area contributed by atoms with E-state index in [4.69, 9.17) is 21.0 Å². The Morgan fingerprint density at radius 3 is 2.78 bits per heavy atom. The molecule has 9 heteroatoms. The summed E-state index contributed by atoms with van der Waals surface area (Å²) in [5, 5.41) is 8.65.